The zero-order valence-electron chi connectivity index (χ0n) is 9.84. The molecule has 0 spiro atoms. The van der Waals surface area contributed by atoms with E-state index >= 15 is 0 Å². The van der Waals surface area contributed by atoms with E-state index in [4.69, 9.17) is 11.6 Å². The average Bonchev–Trinajstić information content (AvgIpc) is 2.14. The molecule has 0 nitrogen and oxygen atoms in total. The summed E-state index contributed by atoms with van der Waals surface area (Å²) < 4.78 is 0. The first-order chi connectivity index (χ1) is 7.54. The van der Waals surface area contributed by atoms with Crippen LogP contribution in [0.4, 0.5) is 0 Å². The highest BCUT2D eigenvalue weighted by molar-refractivity contribution is 6.30. The van der Waals surface area contributed by atoms with Crippen LogP contribution in [-0.4, -0.2) is 0 Å². The number of hydrogen-bond acceptors (Lipinski definition) is 0. The second-order valence-corrected chi connectivity index (χ2v) is 4.83. The monoisotopic (exact) mass is 230 g/mol. The summed E-state index contributed by atoms with van der Waals surface area (Å²) >= 11 is 6.08. The topological polar surface area (TPSA) is 0 Å². The summed E-state index contributed by atoms with van der Waals surface area (Å²) in [6, 6.07) is 12.7. The van der Waals surface area contributed by atoms with E-state index in [0.717, 1.165) is 5.02 Å². The molecule has 0 aromatic heterocycles. The number of aryl methyl sites for hydroxylation is 3. The van der Waals surface area contributed by atoms with Crippen LogP contribution in [0.1, 0.15) is 16.7 Å². The van der Waals surface area contributed by atoms with Crippen molar-refractivity contribution in [2.75, 3.05) is 0 Å². The number of halogens is 1. The highest BCUT2D eigenvalue weighted by atomic mass is 35.5. The molecule has 0 radical (unpaired) electrons. The zero-order valence-corrected chi connectivity index (χ0v) is 10.6. The van der Waals surface area contributed by atoms with E-state index in [1.165, 1.54) is 27.8 Å². The van der Waals surface area contributed by atoms with Gasteiger partial charge in [0.25, 0.3) is 0 Å². The summed E-state index contributed by atoms with van der Waals surface area (Å²) in [5.41, 5.74) is 6.20. The minimum absolute atomic E-state index is 0.800. The fourth-order valence-corrected chi connectivity index (χ4v) is 2.33. The summed E-state index contributed by atoms with van der Waals surface area (Å²) in [6.07, 6.45) is 0. The van der Waals surface area contributed by atoms with Crippen LogP contribution in [0.15, 0.2) is 36.4 Å². The van der Waals surface area contributed by atoms with Gasteiger partial charge in [0.2, 0.25) is 0 Å². The van der Waals surface area contributed by atoms with Gasteiger partial charge in [-0.3, -0.25) is 0 Å². The van der Waals surface area contributed by atoms with Crippen LogP contribution < -0.4 is 0 Å². The van der Waals surface area contributed by atoms with Gasteiger partial charge in [0.05, 0.1) is 0 Å². The van der Waals surface area contributed by atoms with Crippen LogP contribution in [0.3, 0.4) is 0 Å². The highest BCUT2D eigenvalue weighted by Crippen LogP contribution is 2.26. The van der Waals surface area contributed by atoms with Crippen molar-refractivity contribution in [3.8, 4) is 11.1 Å². The highest BCUT2D eigenvalue weighted by Gasteiger charge is 2.01. The fraction of sp³-hybridized carbons (Fsp3) is 0.200. The lowest BCUT2D eigenvalue weighted by molar-refractivity contribution is 1.38. The average molecular weight is 231 g/mol. The first kappa shape index (κ1) is 11.2. The van der Waals surface area contributed by atoms with E-state index in [-0.39, 0.29) is 0 Å². The van der Waals surface area contributed by atoms with Crippen molar-refractivity contribution in [1.29, 1.82) is 0 Å². The van der Waals surface area contributed by atoms with Gasteiger partial charge >= 0.3 is 0 Å². The van der Waals surface area contributed by atoms with E-state index in [2.05, 4.69) is 45.0 Å². The third kappa shape index (κ3) is 2.45. The molecule has 2 rings (SSSR count). The Kier molecular flexibility index (Phi) is 3.02. The molecular weight excluding hydrogens is 216 g/mol. The molecule has 2 aromatic carbocycles. The normalized spacial score (nSPS) is 10.5. The summed E-state index contributed by atoms with van der Waals surface area (Å²) in [5.74, 6) is 0. The minimum atomic E-state index is 0.800. The van der Waals surface area contributed by atoms with Crippen molar-refractivity contribution in [2.45, 2.75) is 20.8 Å². The van der Waals surface area contributed by atoms with Crippen LogP contribution in [0.25, 0.3) is 11.1 Å². The van der Waals surface area contributed by atoms with Gasteiger partial charge < -0.3 is 0 Å². The summed E-state index contributed by atoms with van der Waals surface area (Å²) in [6.45, 7) is 6.31. The lowest BCUT2D eigenvalue weighted by atomic mass is 9.99. The van der Waals surface area contributed by atoms with Crippen molar-refractivity contribution in [3.63, 3.8) is 0 Å². The second-order valence-electron chi connectivity index (χ2n) is 4.39. The Hall–Kier alpha value is -1.27. The first-order valence-corrected chi connectivity index (χ1v) is 5.78. The lowest BCUT2D eigenvalue weighted by Crippen LogP contribution is -1.84. The van der Waals surface area contributed by atoms with Gasteiger partial charge in [0, 0.05) is 5.02 Å². The van der Waals surface area contributed by atoms with Crippen molar-refractivity contribution in [2.24, 2.45) is 0 Å². The van der Waals surface area contributed by atoms with Crippen molar-refractivity contribution in [3.05, 3.63) is 58.1 Å². The zero-order chi connectivity index (χ0) is 11.7. The van der Waals surface area contributed by atoms with Gasteiger partial charge in [-0.2, -0.15) is 0 Å². The quantitative estimate of drug-likeness (QED) is 0.652. The molecule has 0 saturated heterocycles. The molecule has 0 aliphatic heterocycles. The van der Waals surface area contributed by atoms with Crippen LogP contribution in [0.5, 0.6) is 0 Å². The Morgan fingerprint density at radius 3 is 1.56 bits per heavy atom. The maximum Gasteiger partial charge on any atom is 0.0414 e. The maximum absolute atomic E-state index is 6.08. The molecule has 0 fully saturated rings. The van der Waals surface area contributed by atoms with E-state index in [1.54, 1.807) is 0 Å². The Morgan fingerprint density at radius 2 is 1.06 bits per heavy atom. The van der Waals surface area contributed by atoms with E-state index in [9.17, 15) is 0 Å². The van der Waals surface area contributed by atoms with E-state index in [1.807, 2.05) is 12.1 Å². The van der Waals surface area contributed by atoms with Crippen LogP contribution >= 0.6 is 11.6 Å². The molecule has 0 aliphatic carbocycles. The second kappa shape index (κ2) is 4.31. The van der Waals surface area contributed by atoms with Gasteiger partial charge in [-0.05, 0) is 49.6 Å². The molecule has 0 aliphatic rings. The van der Waals surface area contributed by atoms with Crippen molar-refractivity contribution in [1.82, 2.24) is 0 Å². The third-order valence-corrected chi connectivity index (χ3v) is 2.82. The fourth-order valence-electron chi connectivity index (χ4n) is 2.04. The number of hydrogen-bond donors (Lipinski definition) is 0. The standard InChI is InChI=1S/C15H15Cl/c1-10-4-11(2)6-13(5-10)14-7-12(3)8-15(16)9-14/h4-9H,1-3H3. The third-order valence-electron chi connectivity index (χ3n) is 2.60. The SMILES string of the molecule is Cc1cc(C)cc(-c2cc(C)cc(Cl)c2)c1. The number of benzene rings is 2. The molecule has 0 N–H and O–H groups in total. The molecule has 2 aromatic rings. The van der Waals surface area contributed by atoms with Gasteiger partial charge in [-0.1, -0.05) is 47.0 Å². The maximum atomic E-state index is 6.08. The molecule has 1 heteroatoms. The Morgan fingerprint density at radius 1 is 0.625 bits per heavy atom. The molecule has 0 atom stereocenters. The Labute approximate surface area is 102 Å². The molecule has 0 bridgehead atoms. The van der Waals surface area contributed by atoms with Gasteiger partial charge in [-0.25, -0.2) is 0 Å². The molecule has 0 unspecified atom stereocenters. The molecule has 0 amide bonds. The molecular formula is C15H15Cl. The van der Waals surface area contributed by atoms with Crippen molar-refractivity contribution < 1.29 is 0 Å². The largest absolute Gasteiger partial charge is 0.0843 e. The predicted octanol–water partition coefficient (Wildman–Crippen LogP) is 4.93. The summed E-state index contributed by atoms with van der Waals surface area (Å²) in [4.78, 5) is 0. The molecule has 0 heterocycles. The minimum Gasteiger partial charge on any atom is -0.0843 e. The Balaban J connectivity index is 2.57. The lowest BCUT2D eigenvalue weighted by Gasteiger charge is -2.07. The van der Waals surface area contributed by atoms with E-state index in [0.29, 0.717) is 0 Å². The van der Waals surface area contributed by atoms with E-state index < -0.39 is 0 Å². The summed E-state index contributed by atoms with van der Waals surface area (Å²) in [7, 11) is 0. The van der Waals surface area contributed by atoms with Crippen molar-refractivity contribution >= 4 is 11.6 Å². The molecule has 82 valence electrons. The molecule has 16 heavy (non-hydrogen) atoms. The first-order valence-electron chi connectivity index (χ1n) is 5.40. The predicted molar refractivity (Wildman–Crippen MR) is 71.1 cm³/mol. The van der Waals surface area contributed by atoms with Gasteiger partial charge in [0.15, 0.2) is 0 Å². The summed E-state index contributed by atoms with van der Waals surface area (Å²) in [5, 5.41) is 0.800. The number of rotatable bonds is 1. The van der Waals surface area contributed by atoms with Crippen LogP contribution in [0, 0.1) is 20.8 Å². The van der Waals surface area contributed by atoms with Gasteiger partial charge in [0.1, 0.15) is 0 Å². The van der Waals surface area contributed by atoms with Crippen LogP contribution in [0.2, 0.25) is 5.02 Å². The molecule has 0 saturated carbocycles. The Bertz CT molecular complexity index is 437. The van der Waals surface area contributed by atoms with Gasteiger partial charge in [-0.15, -0.1) is 0 Å². The van der Waals surface area contributed by atoms with Crippen LogP contribution in [-0.2, 0) is 0 Å². The smallest absolute Gasteiger partial charge is 0.0414 e.